The third-order valence-electron chi connectivity index (χ3n) is 2.35. The van der Waals surface area contributed by atoms with Gasteiger partial charge in [0.05, 0.1) is 12.4 Å². The van der Waals surface area contributed by atoms with E-state index in [4.69, 9.17) is 9.84 Å². The number of amidine groups is 1. The van der Waals surface area contributed by atoms with Gasteiger partial charge in [-0.2, -0.15) is 12.6 Å². The highest BCUT2D eigenvalue weighted by Crippen LogP contribution is 2.14. The zero-order valence-corrected chi connectivity index (χ0v) is 10.4. The summed E-state index contributed by atoms with van der Waals surface area (Å²) < 4.78 is 4.85. The second-order valence-corrected chi connectivity index (χ2v) is 3.97. The first-order valence-corrected chi connectivity index (χ1v) is 6.05. The van der Waals surface area contributed by atoms with Gasteiger partial charge in [0.15, 0.2) is 0 Å². The minimum atomic E-state index is -0.984. The van der Waals surface area contributed by atoms with Crippen LogP contribution in [-0.2, 0) is 14.3 Å². The maximum atomic E-state index is 11.4. The van der Waals surface area contributed by atoms with Crippen LogP contribution in [0.1, 0.15) is 19.8 Å². The van der Waals surface area contributed by atoms with E-state index < -0.39 is 18.1 Å². The highest BCUT2D eigenvalue weighted by molar-refractivity contribution is 7.80. The van der Waals surface area contributed by atoms with Gasteiger partial charge in [-0.05, 0) is 13.3 Å². The van der Waals surface area contributed by atoms with Crippen molar-refractivity contribution in [3.05, 3.63) is 0 Å². The molecule has 0 bridgehead atoms. The largest absolute Gasteiger partial charge is 0.480 e. The number of carbonyl (C=O) groups is 2. The molecular weight excluding hydrogens is 244 g/mol. The van der Waals surface area contributed by atoms with Crippen molar-refractivity contribution in [2.24, 2.45) is 4.99 Å². The quantitative estimate of drug-likeness (QED) is 0.481. The van der Waals surface area contributed by atoms with Gasteiger partial charge in [-0.3, -0.25) is 4.99 Å². The first-order valence-electron chi connectivity index (χ1n) is 5.42. The van der Waals surface area contributed by atoms with E-state index in [2.05, 4.69) is 22.9 Å². The smallest absolute Gasteiger partial charge is 0.330 e. The summed E-state index contributed by atoms with van der Waals surface area (Å²) in [5.41, 5.74) is 0. The molecule has 0 spiro atoms. The molecule has 0 saturated heterocycles. The molecule has 1 heterocycles. The molecule has 0 aromatic rings. The average molecular weight is 260 g/mol. The van der Waals surface area contributed by atoms with Gasteiger partial charge in [0.1, 0.15) is 12.1 Å². The summed E-state index contributed by atoms with van der Waals surface area (Å²) in [4.78, 5) is 26.3. The molecule has 7 heteroatoms. The monoisotopic (exact) mass is 260 g/mol. The summed E-state index contributed by atoms with van der Waals surface area (Å²) in [6, 6.07) is -1.29. The molecule has 0 aromatic carbocycles. The average Bonchev–Trinajstić information content (AvgIpc) is 2.74. The number of ether oxygens (including phenoxy) is 1. The van der Waals surface area contributed by atoms with Gasteiger partial charge < -0.3 is 15.2 Å². The van der Waals surface area contributed by atoms with Crippen LogP contribution in [0, 0.1) is 0 Å². The number of carboxylic acids is 1. The predicted molar refractivity (Wildman–Crippen MR) is 65.5 cm³/mol. The molecule has 0 aromatic heterocycles. The van der Waals surface area contributed by atoms with Crippen LogP contribution < -0.4 is 5.32 Å². The fraction of sp³-hybridized carbons (Fsp3) is 0.700. The van der Waals surface area contributed by atoms with Crippen LogP contribution in [0.2, 0.25) is 0 Å². The van der Waals surface area contributed by atoms with Gasteiger partial charge >= 0.3 is 11.9 Å². The molecule has 17 heavy (non-hydrogen) atoms. The predicted octanol–water partition coefficient (Wildman–Crippen LogP) is 0.0830. The maximum absolute atomic E-state index is 11.4. The summed E-state index contributed by atoms with van der Waals surface area (Å²) in [5.74, 6) is -0.646. The molecule has 96 valence electrons. The molecule has 0 aliphatic carbocycles. The standard InChI is InChI=1S/C10H16N2O4S/c1-2-16-10(15)6-3-4-8(11-6)12-7(5-17)9(13)14/h6-7,17H,2-5H2,1H3,(H,11,12)(H,13,14). The van der Waals surface area contributed by atoms with E-state index in [1.165, 1.54) is 0 Å². The van der Waals surface area contributed by atoms with Crippen LogP contribution in [0.4, 0.5) is 0 Å². The molecule has 1 rings (SSSR count). The van der Waals surface area contributed by atoms with Crippen LogP contribution in [0.5, 0.6) is 0 Å². The van der Waals surface area contributed by atoms with E-state index in [1.54, 1.807) is 6.92 Å². The maximum Gasteiger partial charge on any atom is 0.330 e. The molecule has 1 aliphatic rings. The van der Waals surface area contributed by atoms with Crippen LogP contribution in [0.25, 0.3) is 0 Å². The number of carbonyl (C=O) groups excluding carboxylic acids is 1. The van der Waals surface area contributed by atoms with E-state index in [-0.39, 0.29) is 11.7 Å². The summed E-state index contributed by atoms with van der Waals surface area (Å²) in [5, 5.41) is 11.6. The molecule has 0 fully saturated rings. The SMILES string of the molecule is CCOC(=O)C1CCC(NC(CS)C(=O)O)=N1. The Balaban J connectivity index is 2.54. The number of thiol groups is 1. The fourth-order valence-electron chi connectivity index (χ4n) is 1.50. The van der Waals surface area contributed by atoms with Gasteiger partial charge in [-0.1, -0.05) is 0 Å². The number of hydrogen-bond acceptors (Lipinski definition) is 6. The highest BCUT2D eigenvalue weighted by Gasteiger charge is 2.27. The van der Waals surface area contributed by atoms with Crippen molar-refractivity contribution < 1.29 is 19.4 Å². The first kappa shape index (κ1) is 13.8. The Labute approximate surface area is 105 Å². The molecule has 6 nitrogen and oxygen atoms in total. The van der Waals surface area contributed by atoms with Crippen molar-refractivity contribution >= 4 is 30.4 Å². The number of nitrogens with one attached hydrogen (secondary N) is 1. The van der Waals surface area contributed by atoms with E-state index in [1.807, 2.05) is 0 Å². The lowest BCUT2D eigenvalue weighted by atomic mass is 10.2. The molecule has 2 unspecified atom stereocenters. The van der Waals surface area contributed by atoms with Crippen LogP contribution >= 0.6 is 12.6 Å². The second kappa shape index (κ2) is 6.48. The lowest BCUT2D eigenvalue weighted by molar-refractivity contribution is -0.144. The van der Waals surface area contributed by atoms with Gasteiger partial charge in [0.2, 0.25) is 0 Å². The van der Waals surface area contributed by atoms with E-state index in [0.29, 0.717) is 25.3 Å². The van der Waals surface area contributed by atoms with Crippen molar-refractivity contribution in [1.29, 1.82) is 0 Å². The van der Waals surface area contributed by atoms with Crippen LogP contribution in [0.3, 0.4) is 0 Å². The molecule has 0 radical (unpaired) electrons. The summed E-state index contributed by atoms with van der Waals surface area (Å²) in [6.45, 7) is 2.05. The summed E-state index contributed by atoms with van der Waals surface area (Å²) in [6.07, 6.45) is 1.11. The minimum Gasteiger partial charge on any atom is -0.480 e. The van der Waals surface area contributed by atoms with Crippen molar-refractivity contribution in [2.75, 3.05) is 12.4 Å². The third kappa shape index (κ3) is 3.92. The minimum absolute atomic E-state index is 0.165. The molecule has 0 amide bonds. The number of esters is 1. The highest BCUT2D eigenvalue weighted by atomic mass is 32.1. The van der Waals surface area contributed by atoms with E-state index in [0.717, 1.165) is 0 Å². The fourth-order valence-corrected chi connectivity index (χ4v) is 1.74. The third-order valence-corrected chi connectivity index (χ3v) is 2.71. The summed E-state index contributed by atoms with van der Waals surface area (Å²) in [7, 11) is 0. The molecular formula is C10H16N2O4S. The second-order valence-electron chi connectivity index (χ2n) is 3.60. The van der Waals surface area contributed by atoms with Gasteiger partial charge in [-0.15, -0.1) is 0 Å². The number of carboxylic acid groups (broad SMARTS) is 1. The Kier molecular flexibility index (Phi) is 5.27. The Morgan fingerprint density at radius 2 is 2.41 bits per heavy atom. The first-order chi connectivity index (χ1) is 8.08. The van der Waals surface area contributed by atoms with E-state index >= 15 is 0 Å². The van der Waals surface area contributed by atoms with E-state index in [9.17, 15) is 9.59 Å². The topological polar surface area (TPSA) is 88.0 Å². The van der Waals surface area contributed by atoms with Crippen LogP contribution in [-0.4, -0.2) is 47.3 Å². The Bertz CT molecular complexity index is 332. The van der Waals surface area contributed by atoms with Gasteiger partial charge in [0, 0.05) is 12.2 Å². The Morgan fingerprint density at radius 1 is 1.71 bits per heavy atom. The Morgan fingerprint density at radius 3 is 2.94 bits per heavy atom. The normalized spacial score (nSPS) is 20.6. The Hall–Kier alpha value is -1.24. The lowest BCUT2D eigenvalue weighted by Gasteiger charge is -2.12. The number of hydrogen-bond donors (Lipinski definition) is 3. The zero-order valence-electron chi connectivity index (χ0n) is 9.55. The van der Waals surface area contributed by atoms with Crippen molar-refractivity contribution in [3.8, 4) is 0 Å². The van der Waals surface area contributed by atoms with Gasteiger partial charge in [-0.25, -0.2) is 9.59 Å². The zero-order chi connectivity index (χ0) is 12.8. The number of aliphatic imine (C=N–C) groups is 1. The molecule has 1 aliphatic heterocycles. The molecule has 2 N–H and O–H groups in total. The van der Waals surface area contributed by atoms with Crippen molar-refractivity contribution in [2.45, 2.75) is 31.8 Å². The molecule has 2 atom stereocenters. The van der Waals surface area contributed by atoms with Crippen molar-refractivity contribution in [1.82, 2.24) is 5.32 Å². The molecule has 0 saturated carbocycles. The van der Waals surface area contributed by atoms with Crippen LogP contribution in [0.15, 0.2) is 4.99 Å². The summed E-state index contributed by atoms with van der Waals surface area (Å²) >= 11 is 3.93. The lowest BCUT2D eigenvalue weighted by Crippen LogP contribution is -2.41. The van der Waals surface area contributed by atoms with Gasteiger partial charge in [0.25, 0.3) is 0 Å². The number of aliphatic carboxylic acids is 1. The number of nitrogens with zero attached hydrogens (tertiary/aromatic N) is 1. The number of rotatable bonds is 5. The van der Waals surface area contributed by atoms with Crippen molar-refractivity contribution in [3.63, 3.8) is 0 Å².